The maximum Gasteiger partial charge on any atom is 0.270 e. The lowest BCUT2D eigenvalue weighted by Crippen LogP contribution is -2.25. The monoisotopic (exact) mass is 390 g/mol. The minimum atomic E-state index is -0.472. The molecular weight excluding hydrogens is 376 g/mol. The first-order chi connectivity index (χ1) is 12.5. The Morgan fingerprint density at radius 2 is 2.08 bits per heavy atom. The van der Waals surface area contributed by atoms with E-state index >= 15 is 0 Å². The molecule has 0 aliphatic rings. The van der Waals surface area contributed by atoms with Gasteiger partial charge in [-0.1, -0.05) is 29.8 Å². The average Bonchev–Trinajstić information content (AvgIpc) is 2.98. The highest BCUT2D eigenvalue weighted by atomic mass is 35.5. The number of hydrogen-bond donors (Lipinski definition) is 1. The standard InChI is InChI=1S/C18H15ClN2O4S/c1-25-14-5-3-2-4-11(14)8-9-20-18(22)17-16(19)13-7-6-12(21(23)24)10-15(13)26-17/h2-7,10H,8-9H2,1H3,(H,20,22). The normalized spacial score (nSPS) is 10.7. The molecule has 1 aromatic heterocycles. The number of nitro groups is 1. The fourth-order valence-corrected chi connectivity index (χ4v) is 4.08. The van der Waals surface area contributed by atoms with E-state index in [-0.39, 0.29) is 11.6 Å². The fraction of sp³-hybridized carbons (Fsp3) is 0.167. The van der Waals surface area contributed by atoms with Crippen LogP contribution in [-0.4, -0.2) is 24.5 Å². The summed E-state index contributed by atoms with van der Waals surface area (Å²) in [5.74, 6) is 0.475. The third-order valence-electron chi connectivity index (χ3n) is 3.90. The van der Waals surface area contributed by atoms with Crippen LogP contribution in [0.25, 0.3) is 10.1 Å². The molecule has 6 nitrogen and oxygen atoms in total. The van der Waals surface area contributed by atoms with Crippen molar-refractivity contribution >= 4 is 44.6 Å². The topological polar surface area (TPSA) is 81.5 Å². The van der Waals surface area contributed by atoms with E-state index in [1.54, 1.807) is 13.2 Å². The van der Waals surface area contributed by atoms with E-state index in [1.165, 1.54) is 12.1 Å². The lowest BCUT2D eigenvalue weighted by Gasteiger charge is -2.08. The Labute approximate surface area is 158 Å². The Kier molecular flexibility index (Phi) is 5.39. The molecule has 8 heteroatoms. The van der Waals surface area contributed by atoms with Crippen LogP contribution in [0.5, 0.6) is 5.75 Å². The molecule has 0 saturated heterocycles. The highest BCUT2D eigenvalue weighted by molar-refractivity contribution is 7.21. The molecule has 2 aromatic carbocycles. The lowest BCUT2D eigenvalue weighted by atomic mass is 10.1. The number of nitrogens with zero attached hydrogens (tertiary/aromatic N) is 1. The summed E-state index contributed by atoms with van der Waals surface area (Å²) < 4.78 is 5.90. The van der Waals surface area contributed by atoms with Gasteiger partial charge in [-0.25, -0.2) is 0 Å². The van der Waals surface area contributed by atoms with Gasteiger partial charge in [-0.15, -0.1) is 11.3 Å². The smallest absolute Gasteiger partial charge is 0.270 e. The quantitative estimate of drug-likeness (QED) is 0.498. The first kappa shape index (κ1) is 18.2. The molecule has 134 valence electrons. The van der Waals surface area contributed by atoms with Gasteiger partial charge in [-0.05, 0) is 24.1 Å². The number of thiophene rings is 1. The number of rotatable bonds is 6. The predicted octanol–water partition coefficient (Wildman–Crippen LogP) is 4.44. The van der Waals surface area contributed by atoms with Gasteiger partial charge in [-0.3, -0.25) is 14.9 Å². The van der Waals surface area contributed by atoms with Crippen molar-refractivity contribution in [3.8, 4) is 5.75 Å². The number of para-hydroxylation sites is 1. The summed E-state index contributed by atoms with van der Waals surface area (Å²) in [6, 6.07) is 12.0. The average molecular weight is 391 g/mol. The lowest BCUT2D eigenvalue weighted by molar-refractivity contribution is -0.384. The minimum Gasteiger partial charge on any atom is -0.496 e. The summed E-state index contributed by atoms with van der Waals surface area (Å²) in [7, 11) is 1.60. The number of amides is 1. The number of benzene rings is 2. The van der Waals surface area contributed by atoms with Crippen molar-refractivity contribution in [2.24, 2.45) is 0 Å². The summed E-state index contributed by atoms with van der Waals surface area (Å²) in [4.78, 5) is 23.2. The van der Waals surface area contributed by atoms with Crippen molar-refractivity contribution in [3.05, 3.63) is 68.0 Å². The highest BCUT2D eigenvalue weighted by Gasteiger charge is 2.19. The molecule has 26 heavy (non-hydrogen) atoms. The Bertz CT molecular complexity index is 986. The molecule has 0 saturated carbocycles. The number of halogens is 1. The van der Waals surface area contributed by atoms with Gasteiger partial charge in [-0.2, -0.15) is 0 Å². The van der Waals surface area contributed by atoms with Crippen LogP contribution >= 0.6 is 22.9 Å². The van der Waals surface area contributed by atoms with Crippen molar-refractivity contribution in [2.75, 3.05) is 13.7 Å². The molecule has 0 spiro atoms. The van der Waals surface area contributed by atoms with E-state index in [1.807, 2.05) is 24.3 Å². The van der Waals surface area contributed by atoms with E-state index in [9.17, 15) is 14.9 Å². The third-order valence-corrected chi connectivity index (χ3v) is 5.56. The van der Waals surface area contributed by atoms with Gasteiger partial charge >= 0.3 is 0 Å². The maximum atomic E-state index is 12.4. The SMILES string of the molecule is COc1ccccc1CCNC(=O)c1sc2cc([N+](=O)[O-])ccc2c1Cl. The fourth-order valence-electron chi connectivity index (χ4n) is 2.61. The van der Waals surface area contributed by atoms with E-state index in [0.717, 1.165) is 22.6 Å². The molecule has 0 unspecified atom stereocenters. The van der Waals surface area contributed by atoms with Crippen LogP contribution in [-0.2, 0) is 6.42 Å². The van der Waals surface area contributed by atoms with Crippen LogP contribution in [0.1, 0.15) is 15.2 Å². The predicted molar refractivity (Wildman–Crippen MR) is 103 cm³/mol. The Morgan fingerprint density at radius 3 is 2.81 bits per heavy atom. The van der Waals surface area contributed by atoms with Crippen molar-refractivity contribution in [3.63, 3.8) is 0 Å². The molecule has 3 rings (SSSR count). The van der Waals surface area contributed by atoms with Crippen LogP contribution in [0.15, 0.2) is 42.5 Å². The number of ether oxygens (including phenoxy) is 1. The third kappa shape index (κ3) is 3.63. The van der Waals surface area contributed by atoms with Gasteiger partial charge in [0.1, 0.15) is 10.6 Å². The van der Waals surface area contributed by atoms with Gasteiger partial charge < -0.3 is 10.1 Å². The molecule has 1 N–H and O–H groups in total. The molecular formula is C18H15ClN2O4S. The number of fused-ring (bicyclic) bond motifs is 1. The first-order valence-electron chi connectivity index (χ1n) is 7.77. The van der Waals surface area contributed by atoms with E-state index in [4.69, 9.17) is 16.3 Å². The Balaban J connectivity index is 1.73. The number of nitrogens with one attached hydrogen (secondary N) is 1. The van der Waals surface area contributed by atoms with E-state index in [2.05, 4.69) is 5.32 Å². The molecule has 1 amide bonds. The van der Waals surface area contributed by atoms with Crippen LogP contribution < -0.4 is 10.1 Å². The Morgan fingerprint density at radius 1 is 1.31 bits per heavy atom. The zero-order valence-electron chi connectivity index (χ0n) is 13.8. The molecule has 1 heterocycles. The van der Waals surface area contributed by atoms with Gasteiger partial charge in [0.05, 0.1) is 17.1 Å². The summed E-state index contributed by atoms with van der Waals surface area (Å²) in [5.41, 5.74) is 0.965. The molecule has 0 bridgehead atoms. The van der Waals surface area contributed by atoms with E-state index in [0.29, 0.717) is 33.0 Å². The Hall–Kier alpha value is -2.64. The maximum absolute atomic E-state index is 12.4. The number of carbonyl (C=O) groups excluding carboxylic acids is 1. The number of non-ortho nitro benzene ring substituents is 1. The number of hydrogen-bond acceptors (Lipinski definition) is 5. The van der Waals surface area contributed by atoms with Crippen LogP contribution in [0.4, 0.5) is 5.69 Å². The summed E-state index contributed by atoms with van der Waals surface area (Å²) in [6.45, 7) is 0.421. The summed E-state index contributed by atoms with van der Waals surface area (Å²) >= 11 is 7.43. The molecule has 0 atom stereocenters. The van der Waals surface area contributed by atoms with Crippen LogP contribution in [0.3, 0.4) is 0 Å². The zero-order chi connectivity index (χ0) is 18.7. The van der Waals surface area contributed by atoms with Gasteiger partial charge in [0.25, 0.3) is 11.6 Å². The minimum absolute atomic E-state index is 0.0291. The molecule has 0 fully saturated rings. The summed E-state index contributed by atoms with van der Waals surface area (Å²) in [6.07, 6.45) is 0.615. The van der Waals surface area contributed by atoms with Gasteiger partial charge in [0.15, 0.2) is 0 Å². The van der Waals surface area contributed by atoms with Crippen molar-refractivity contribution < 1.29 is 14.5 Å². The van der Waals surface area contributed by atoms with Gasteiger partial charge in [0, 0.05) is 28.8 Å². The van der Waals surface area contributed by atoms with Gasteiger partial charge in [0.2, 0.25) is 0 Å². The highest BCUT2D eigenvalue weighted by Crippen LogP contribution is 2.37. The van der Waals surface area contributed by atoms with E-state index < -0.39 is 4.92 Å². The van der Waals surface area contributed by atoms with Crippen molar-refractivity contribution in [2.45, 2.75) is 6.42 Å². The second-order valence-corrected chi connectivity index (χ2v) is 6.93. The first-order valence-corrected chi connectivity index (χ1v) is 8.97. The largest absolute Gasteiger partial charge is 0.496 e. The molecule has 0 aliphatic carbocycles. The molecule has 0 radical (unpaired) electrons. The van der Waals surface area contributed by atoms with Crippen LogP contribution in [0.2, 0.25) is 5.02 Å². The van der Waals surface area contributed by atoms with Crippen molar-refractivity contribution in [1.29, 1.82) is 0 Å². The second kappa shape index (κ2) is 7.72. The van der Waals surface area contributed by atoms with Crippen LogP contribution in [0, 0.1) is 10.1 Å². The number of methoxy groups -OCH3 is 1. The number of nitro benzene ring substituents is 1. The number of carbonyl (C=O) groups is 1. The van der Waals surface area contributed by atoms with Crippen molar-refractivity contribution in [1.82, 2.24) is 5.32 Å². The summed E-state index contributed by atoms with van der Waals surface area (Å²) in [5, 5.41) is 14.7. The molecule has 3 aromatic rings. The zero-order valence-corrected chi connectivity index (χ0v) is 15.4. The second-order valence-electron chi connectivity index (χ2n) is 5.50. The molecule has 0 aliphatic heterocycles.